The Balaban J connectivity index is 3.52. The standard InChI is InChI=1S/C14H21NO4S/c1-8(2)15-20(18,19)14-10(4)6-9(3)12(11(14)5)7-13(16)17/h6,8,15H,7H2,1-5H3,(H,16,17). The van der Waals surface area contributed by atoms with Crippen molar-refractivity contribution in [3.8, 4) is 0 Å². The summed E-state index contributed by atoms with van der Waals surface area (Å²) < 4.78 is 27.3. The molecule has 0 aliphatic carbocycles. The molecule has 1 rings (SSSR count). The van der Waals surface area contributed by atoms with E-state index in [1.54, 1.807) is 40.7 Å². The maximum atomic E-state index is 12.4. The molecule has 0 bridgehead atoms. The molecule has 20 heavy (non-hydrogen) atoms. The number of carboxylic acid groups (broad SMARTS) is 1. The number of carboxylic acids is 1. The fourth-order valence-corrected chi connectivity index (χ4v) is 4.16. The SMILES string of the molecule is Cc1cc(C)c(S(=O)(=O)NC(C)C)c(C)c1CC(=O)O. The smallest absolute Gasteiger partial charge is 0.307 e. The predicted octanol–water partition coefficient (Wildman–Crippen LogP) is 1.93. The Kier molecular flexibility index (Phi) is 4.94. The lowest BCUT2D eigenvalue weighted by Gasteiger charge is -2.18. The lowest BCUT2D eigenvalue weighted by Crippen LogP contribution is -2.31. The lowest BCUT2D eigenvalue weighted by atomic mass is 9.97. The van der Waals surface area contributed by atoms with E-state index in [2.05, 4.69) is 4.72 Å². The Morgan fingerprint density at radius 3 is 2.25 bits per heavy atom. The maximum Gasteiger partial charge on any atom is 0.307 e. The van der Waals surface area contributed by atoms with Crippen LogP contribution in [0.4, 0.5) is 0 Å². The van der Waals surface area contributed by atoms with Gasteiger partial charge < -0.3 is 5.11 Å². The van der Waals surface area contributed by atoms with E-state index in [9.17, 15) is 13.2 Å². The third-order valence-corrected chi connectivity index (χ3v) is 5.00. The van der Waals surface area contributed by atoms with E-state index < -0.39 is 16.0 Å². The first kappa shape index (κ1) is 16.7. The van der Waals surface area contributed by atoms with Crippen molar-refractivity contribution in [1.29, 1.82) is 0 Å². The van der Waals surface area contributed by atoms with Gasteiger partial charge in [-0.1, -0.05) is 6.07 Å². The van der Waals surface area contributed by atoms with E-state index in [1.807, 2.05) is 0 Å². The number of benzene rings is 1. The van der Waals surface area contributed by atoms with Crippen LogP contribution in [0.15, 0.2) is 11.0 Å². The number of rotatable bonds is 5. The normalized spacial score (nSPS) is 11.9. The number of sulfonamides is 1. The summed E-state index contributed by atoms with van der Waals surface area (Å²) in [5.41, 5.74) is 2.50. The van der Waals surface area contributed by atoms with E-state index in [-0.39, 0.29) is 17.4 Å². The Morgan fingerprint density at radius 2 is 1.80 bits per heavy atom. The number of carbonyl (C=O) groups is 1. The Hall–Kier alpha value is -1.40. The zero-order chi connectivity index (χ0) is 15.7. The monoisotopic (exact) mass is 299 g/mol. The Bertz CT molecular complexity index is 633. The van der Waals surface area contributed by atoms with Gasteiger partial charge in [0.2, 0.25) is 10.0 Å². The number of hydrogen-bond donors (Lipinski definition) is 2. The summed E-state index contributed by atoms with van der Waals surface area (Å²) >= 11 is 0. The summed E-state index contributed by atoms with van der Waals surface area (Å²) in [5.74, 6) is -0.972. The quantitative estimate of drug-likeness (QED) is 0.870. The van der Waals surface area contributed by atoms with Crippen molar-refractivity contribution in [2.24, 2.45) is 0 Å². The Morgan fingerprint density at radius 1 is 1.25 bits per heavy atom. The van der Waals surface area contributed by atoms with Crippen molar-refractivity contribution in [2.45, 2.75) is 52.0 Å². The van der Waals surface area contributed by atoms with Crippen LogP contribution in [0.3, 0.4) is 0 Å². The van der Waals surface area contributed by atoms with Crippen molar-refractivity contribution in [2.75, 3.05) is 0 Å². The average molecular weight is 299 g/mol. The summed E-state index contributed by atoms with van der Waals surface area (Å²) in [7, 11) is -3.64. The number of aryl methyl sites for hydroxylation is 2. The highest BCUT2D eigenvalue weighted by Crippen LogP contribution is 2.27. The maximum absolute atomic E-state index is 12.4. The predicted molar refractivity (Wildman–Crippen MR) is 77.5 cm³/mol. The summed E-state index contributed by atoms with van der Waals surface area (Å²) in [6.07, 6.45) is -0.178. The minimum absolute atomic E-state index is 0.178. The molecule has 112 valence electrons. The van der Waals surface area contributed by atoms with Crippen molar-refractivity contribution < 1.29 is 18.3 Å². The topological polar surface area (TPSA) is 83.5 Å². The van der Waals surface area contributed by atoms with Crippen LogP contribution in [0.1, 0.15) is 36.1 Å². The van der Waals surface area contributed by atoms with Gasteiger partial charge in [0, 0.05) is 6.04 Å². The zero-order valence-electron chi connectivity index (χ0n) is 12.4. The average Bonchev–Trinajstić information content (AvgIpc) is 2.20. The van der Waals surface area contributed by atoms with Gasteiger partial charge in [-0.15, -0.1) is 0 Å². The van der Waals surface area contributed by atoms with E-state index in [1.165, 1.54) is 0 Å². The van der Waals surface area contributed by atoms with Gasteiger partial charge in [0.05, 0.1) is 11.3 Å². The molecule has 5 nitrogen and oxygen atoms in total. The number of hydrogen-bond acceptors (Lipinski definition) is 3. The van der Waals surface area contributed by atoms with Crippen LogP contribution >= 0.6 is 0 Å². The molecule has 0 aliphatic heterocycles. The number of nitrogens with one attached hydrogen (secondary N) is 1. The van der Waals surface area contributed by atoms with Gasteiger partial charge in [-0.3, -0.25) is 4.79 Å². The first-order valence-corrected chi connectivity index (χ1v) is 7.88. The first-order chi connectivity index (χ1) is 9.06. The van der Waals surface area contributed by atoms with Crippen LogP contribution in [-0.2, 0) is 21.2 Å². The van der Waals surface area contributed by atoms with Crippen LogP contribution in [0, 0.1) is 20.8 Å². The minimum atomic E-state index is -3.64. The van der Waals surface area contributed by atoms with Gasteiger partial charge in [0.1, 0.15) is 0 Å². The lowest BCUT2D eigenvalue weighted by molar-refractivity contribution is -0.136. The minimum Gasteiger partial charge on any atom is -0.481 e. The summed E-state index contributed by atoms with van der Waals surface area (Å²) in [4.78, 5) is 11.1. The molecule has 0 atom stereocenters. The van der Waals surface area contributed by atoms with Gasteiger partial charge in [-0.2, -0.15) is 0 Å². The van der Waals surface area contributed by atoms with Crippen LogP contribution in [-0.4, -0.2) is 25.5 Å². The molecule has 0 fully saturated rings. The van der Waals surface area contributed by atoms with E-state index in [0.29, 0.717) is 16.7 Å². The highest BCUT2D eigenvalue weighted by Gasteiger charge is 2.24. The van der Waals surface area contributed by atoms with Gasteiger partial charge in [-0.25, -0.2) is 13.1 Å². The van der Waals surface area contributed by atoms with Crippen molar-refractivity contribution >= 4 is 16.0 Å². The number of aliphatic carboxylic acids is 1. The molecule has 0 radical (unpaired) electrons. The molecular weight excluding hydrogens is 278 g/mol. The molecule has 0 aromatic heterocycles. The third kappa shape index (κ3) is 3.58. The highest BCUT2D eigenvalue weighted by atomic mass is 32.2. The van der Waals surface area contributed by atoms with Gasteiger partial charge in [0.15, 0.2) is 0 Å². The first-order valence-electron chi connectivity index (χ1n) is 6.40. The van der Waals surface area contributed by atoms with Crippen LogP contribution < -0.4 is 4.72 Å². The molecular formula is C14H21NO4S. The zero-order valence-corrected chi connectivity index (χ0v) is 13.3. The van der Waals surface area contributed by atoms with Crippen LogP contribution in [0.25, 0.3) is 0 Å². The van der Waals surface area contributed by atoms with Gasteiger partial charge in [0.25, 0.3) is 0 Å². The summed E-state index contributed by atoms with van der Waals surface area (Å²) in [6, 6.07) is 1.50. The molecule has 6 heteroatoms. The second-order valence-electron chi connectivity index (χ2n) is 5.29. The molecule has 1 aromatic carbocycles. The summed E-state index contributed by atoms with van der Waals surface area (Å²) in [6.45, 7) is 8.67. The molecule has 0 unspecified atom stereocenters. The van der Waals surface area contributed by atoms with Crippen molar-refractivity contribution in [3.63, 3.8) is 0 Å². The van der Waals surface area contributed by atoms with E-state index in [4.69, 9.17) is 5.11 Å². The molecule has 1 aromatic rings. The third-order valence-electron chi connectivity index (χ3n) is 3.05. The fourth-order valence-electron chi connectivity index (χ4n) is 2.41. The van der Waals surface area contributed by atoms with Crippen LogP contribution in [0.5, 0.6) is 0 Å². The fraction of sp³-hybridized carbons (Fsp3) is 0.500. The molecule has 0 heterocycles. The molecule has 0 saturated heterocycles. The second-order valence-corrected chi connectivity index (χ2v) is 6.94. The van der Waals surface area contributed by atoms with Gasteiger partial charge in [-0.05, 0) is 56.9 Å². The summed E-state index contributed by atoms with van der Waals surface area (Å²) in [5, 5.41) is 8.96. The Labute approximate surface area is 120 Å². The molecule has 2 N–H and O–H groups in total. The highest BCUT2D eigenvalue weighted by molar-refractivity contribution is 7.89. The second kappa shape index (κ2) is 5.93. The van der Waals surface area contributed by atoms with E-state index in [0.717, 1.165) is 5.56 Å². The van der Waals surface area contributed by atoms with Crippen LogP contribution in [0.2, 0.25) is 0 Å². The van der Waals surface area contributed by atoms with Gasteiger partial charge >= 0.3 is 5.97 Å². The van der Waals surface area contributed by atoms with Crippen molar-refractivity contribution in [1.82, 2.24) is 4.72 Å². The molecule has 0 amide bonds. The largest absolute Gasteiger partial charge is 0.481 e. The van der Waals surface area contributed by atoms with E-state index >= 15 is 0 Å². The molecule has 0 spiro atoms. The molecule has 0 saturated carbocycles. The molecule has 0 aliphatic rings. The van der Waals surface area contributed by atoms with Crippen molar-refractivity contribution in [3.05, 3.63) is 28.3 Å².